The molecule has 0 amide bonds. The Balaban J connectivity index is 1.40. The lowest BCUT2D eigenvalue weighted by atomic mass is 10.2. The molecule has 7 heteroatoms. The molecule has 0 spiro atoms. The molecule has 0 atom stereocenters. The van der Waals surface area contributed by atoms with Gasteiger partial charge in [0.1, 0.15) is 5.75 Å². The summed E-state index contributed by atoms with van der Waals surface area (Å²) in [6.07, 6.45) is 4.07. The minimum atomic E-state index is 0.783. The predicted molar refractivity (Wildman–Crippen MR) is 116 cm³/mol. The largest absolute Gasteiger partial charge is 0.497 e. The molecule has 0 N–H and O–H groups in total. The Labute approximate surface area is 175 Å². The summed E-state index contributed by atoms with van der Waals surface area (Å²) in [5.41, 5.74) is 2.23. The molecule has 1 saturated heterocycles. The maximum atomic E-state index is 6.13. The van der Waals surface area contributed by atoms with E-state index < -0.39 is 0 Å². The molecule has 2 heterocycles. The Kier molecular flexibility index (Phi) is 5.71. The number of halogens is 1. The van der Waals surface area contributed by atoms with Crippen LogP contribution in [-0.2, 0) is 6.67 Å². The van der Waals surface area contributed by atoms with E-state index in [4.69, 9.17) is 28.6 Å². The second-order valence-corrected chi connectivity index (χ2v) is 7.65. The van der Waals surface area contributed by atoms with Crippen LogP contribution in [0.3, 0.4) is 0 Å². The van der Waals surface area contributed by atoms with Crippen molar-refractivity contribution in [2.45, 2.75) is 6.67 Å². The number of aromatic nitrogens is 2. The van der Waals surface area contributed by atoms with Crippen LogP contribution >= 0.6 is 23.8 Å². The average molecular weight is 415 g/mol. The van der Waals surface area contributed by atoms with Gasteiger partial charge in [0.15, 0.2) is 4.77 Å². The Hall–Kier alpha value is -2.28. The van der Waals surface area contributed by atoms with Crippen LogP contribution in [0, 0.1) is 4.77 Å². The lowest BCUT2D eigenvalue weighted by molar-refractivity contribution is 0.204. The van der Waals surface area contributed by atoms with Gasteiger partial charge in [0, 0.05) is 55.0 Å². The third-order valence-corrected chi connectivity index (χ3v) is 5.76. The Morgan fingerprint density at radius 1 is 0.964 bits per heavy atom. The molecule has 5 nitrogen and oxygen atoms in total. The topological polar surface area (TPSA) is 25.6 Å². The van der Waals surface area contributed by atoms with Gasteiger partial charge >= 0.3 is 0 Å². The zero-order valence-corrected chi connectivity index (χ0v) is 17.4. The van der Waals surface area contributed by atoms with Crippen LogP contribution in [0.4, 0.5) is 5.69 Å². The average Bonchev–Trinajstić information content (AvgIpc) is 3.09. The molecule has 0 bridgehead atoms. The van der Waals surface area contributed by atoms with E-state index in [0.29, 0.717) is 0 Å². The van der Waals surface area contributed by atoms with Crippen LogP contribution in [-0.4, -0.2) is 47.3 Å². The SMILES string of the molecule is COc1ccc(-n2ccn(CN3CCN(c4cccc(Cl)c4)CC3)c2=S)cc1. The van der Waals surface area contributed by atoms with Crippen LogP contribution in [0.15, 0.2) is 60.9 Å². The number of piperazine rings is 1. The molecule has 4 rings (SSSR count). The van der Waals surface area contributed by atoms with E-state index in [1.807, 2.05) is 53.2 Å². The van der Waals surface area contributed by atoms with Crippen molar-refractivity contribution in [2.24, 2.45) is 0 Å². The summed E-state index contributed by atoms with van der Waals surface area (Å²) in [5, 5.41) is 0.783. The Morgan fingerprint density at radius 2 is 1.71 bits per heavy atom. The van der Waals surface area contributed by atoms with E-state index in [9.17, 15) is 0 Å². The van der Waals surface area contributed by atoms with Crippen molar-refractivity contribution in [1.29, 1.82) is 0 Å². The molecule has 1 aromatic heterocycles. The maximum absolute atomic E-state index is 6.13. The molecule has 1 aliphatic heterocycles. The van der Waals surface area contributed by atoms with Crippen molar-refractivity contribution in [2.75, 3.05) is 38.2 Å². The zero-order valence-electron chi connectivity index (χ0n) is 15.8. The summed E-state index contributed by atoms with van der Waals surface area (Å²) in [6, 6.07) is 16.0. The molecule has 28 heavy (non-hydrogen) atoms. The van der Waals surface area contributed by atoms with Gasteiger partial charge in [-0.05, 0) is 54.7 Å². The minimum absolute atomic E-state index is 0.783. The number of nitrogens with zero attached hydrogens (tertiary/aromatic N) is 4. The quantitative estimate of drug-likeness (QED) is 0.576. The minimum Gasteiger partial charge on any atom is -0.497 e. The zero-order chi connectivity index (χ0) is 19.5. The van der Waals surface area contributed by atoms with Crippen LogP contribution in [0.25, 0.3) is 5.69 Å². The van der Waals surface area contributed by atoms with E-state index in [1.54, 1.807) is 7.11 Å². The third kappa shape index (κ3) is 4.09. The fourth-order valence-corrected chi connectivity index (χ4v) is 3.97. The summed E-state index contributed by atoms with van der Waals surface area (Å²) in [7, 11) is 1.67. The Morgan fingerprint density at radius 3 is 2.39 bits per heavy atom. The highest BCUT2D eigenvalue weighted by Crippen LogP contribution is 2.21. The molecule has 0 radical (unpaired) electrons. The third-order valence-electron chi connectivity index (χ3n) is 5.10. The van der Waals surface area contributed by atoms with Gasteiger partial charge in [-0.1, -0.05) is 17.7 Å². The molecular weight excluding hydrogens is 392 g/mol. The maximum Gasteiger partial charge on any atom is 0.185 e. The van der Waals surface area contributed by atoms with E-state index in [0.717, 1.165) is 54.1 Å². The highest BCUT2D eigenvalue weighted by Gasteiger charge is 2.18. The normalized spacial score (nSPS) is 15.0. The second kappa shape index (κ2) is 8.39. The summed E-state index contributed by atoms with van der Waals surface area (Å²) < 4.78 is 10.2. The lowest BCUT2D eigenvalue weighted by Crippen LogP contribution is -2.46. The number of benzene rings is 2. The number of ether oxygens (including phenoxy) is 1. The molecule has 0 aliphatic carbocycles. The molecular formula is C21H23ClN4OS. The van der Waals surface area contributed by atoms with Crippen molar-refractivity contribution in [3.05, 3.63) is 70.7 Å². The second-order valence-electron chi connectivity index (χ2n) is 6.84. The van der Waals surface area contributed by atoms with Gasteiger partial charge in [-0.25, -0.2) is 0 Å². The first-order valence-corrected chi connectivity index (χ1v) is 10.1. The van der Waals surface area contributed by atoms with Gasteiger partial charge in [0.05, 0.1) is 13.8 Å². The van der Waals surface area contributed by atoms with Gasteiger partial charge in [0.25, 0.3) is 0 Å². The molecule has 0 unspecified atom stereocenters. The molecule has 0 saturated carbocycles. The number of hydrogen-bond acceptors (Lipinski definition) is 4. The fourth-order valence-electron chi connectivity index (χ4n) is 3.50. The van der Waals surface area contributed by atoms with Gasteiger partial charge in [-0.15, -0.1) is 0 Å². The van der Waals surface area contributed by atoms with Crippen molar-refractivity contribution in [3.63, 3.8) is 0 Å². The van der Waals surface area contributed by atoms with Gasteiger partial charge in [-0.3, -0.25) is 9.47 Å². The van der Waals surface area contributed by atoms with Gasteiger partial charge < -0.3 is 14.2 Å². The van der Waals surface area contributed by atoms with E-state index in [-0.39, 0.29) is 0 Å². The number of imidazole rings is 1. The van der Waals surface area contributed by atoms with Crippen molar-refractivity contribution >= 4 is 29.5 Å². The number of anilines is 1. The van der Waals surface area contributed by atoms with Crippen LogP contribution in [0.2, 0.25) is 5.02 Å². The molecule has 2 aromatic carbocycles. The number of hydrogen-bond donors (Lipinski definition) is 0. The molecule has 1 aliphatic rings. The smallest absolute Gasteiger partial charge is 0.185 e. The van der Waals surface area contributed by atoms with Gasteiger partial charge in [0.2, 0.25) is 0 Å². The highest BCUT2D eigenvalue weighted by atomic mass is 35.5. The standard InChI is InChI=1S/C21H23ClN4OS/c1-27-20-7-5-18(6-8-20)26-14-13-25(21(26)28)16-23-9-11-24(12-10-23)19-4-2-3-17(22)15-19/h2-8,13-15H,9-12,16H2,1H3. The highest BCUT2D eigenvalue weighted by molar-refractivity contribution is 7.71. The predicted octanol–water partition coefficient (Wildman–Crippen LogP) is 4.45. The molecule has 146 valence electrons. The molecule has 1 fully saturated rings. The summed E-state index contributed by atoms with van der Waals surface area (Å²) in [6.45, 7) is 4.73. The van der Waals surface area contributed by atoms with E-state index in [1.165, 1.54) is 5.69 Å². The first-order chi connectivity index (χ1) is 13.6. The first-order valence-electron chi connectivity index (χ1n) is 9.29. The fraction of sp³-hybridized carbons (Fsp3) is 0.286. The van der Waals surface area contributed by atoms with Crippen molar-refractivity contribution < 1.29 is 4.74 Å². The summed E-state index contributed by atoms with van der Waals surface area (Å²) in [4.78, 5) is 4.80. The van der Waals surface area contributed by atoms with Crippen molar-refractivity contribution in [1.82, 2.24) is 14.0 Å². The first kappa shape index (κ1) is 19.1. The van der Waals surface area contributed by atoms with Gasteiger partial charge in [-0.2, -0.15) is 0 Å². The number of methoxy groups -OCH3 is 1. The van der Waals surface area contributed by atoms with Crippen LogP contribution in [0.5, 0.6) is 5.75 Å². The lowest BCUT2D eigenvalue weighted by Gasteiger charge is -2.36. The van der Waals surface area contributed by atoms with Crippen LogP contribution in [0.1, 0.15) is 0 Å². The van der Waals surface area contributed by atoms with Crippen LogP contribution < -0.4 is 9.64 Å². The monoisotopic (exact) mass is 414 g/mol. The Bertz CT molecular complexity index is 990. The molecule has 3 aromatic rings. The summed E-state index contributed by atoms with van der Waals surface area (Å²) in [5.74, 6) is 0.840. The van der Waals surface area contributed by atoms with E-state index >= 15 is 0 Å². The van der Waals surface area contributed by atoms with E-state index in [2.05, 4.69) is 26.6 Å². The number of rotatable bonds is 5. The van der Waals surface area contributed by atoms with Crippen molar-refractivity contribution in [3.8, 4) is 11.4 Å². The summed E-state index contributed by atoms with van der Waals surface area (Å²) >= 11 is 11.8.